The van der Waals surface area contributed by atoms with Gasteiger partial charge < -0.3 is 10.1 Å². The van der Waals surface area contributed by atoms with E-state index in [2.05, 4.69) is 38.2 Å². The van der Waals surface area contributed by atoms with E-state index in [0.717, 1.165) is 29.6 Å². The topological polar surface area (TPSA) is 21.3 Å². The molecule has 156 valence electrons. The molecule has 1 heterocycles. The highest BCUT2D eigenvalue weighted by atomic mass is 16.5. The molecule has 1 aliphatic heterocycles. The molecule has 5 rings (SSSR count). The van der Waals surface area contributed by atoms with Crippen molar-refractivity contribution >= 4 is 0 Å². The lowest BCUT2D eigenvalue weighted by molar-refractivity contribution is -0.0541. The molecule has 8 atom stereocenters. The Bertz CT molecular complexity index is 674. The first-order valence-corrected chi connectivity index (χ1v) is 12.1. The quantitative estimate of drug-likeness (QED) is 0.613. The van der Waals surface area contributed by atoms with Crippen molar-refractivity contribution in [1.82, 2.24) is 5.32 Å². The van der Waals surface area contributed by atoms with Crippen LogP contribution in [-0.4, -0.2) is 26.3 Å². The van der Waals surface area contributed by atoms with Gasteiger partial charge in [-0.1, -0.05) is 44.1 Å². The molecule has 0 radical (unpaired) electrons. The van der Waals surface area contributed by atoms with Crippen LogP contribution in [0.2, 0.25) is 0 Å². The summed E-state index contributed by atoms with van der Waals surface area (Å²) in [6, 6.07) is 0. The van der Waals surface area contributed by atoms with Gasteiger partial charge in [0.25, 0.3) is 0 Å². The summed E-state index contributed by atoms with van der Waals surface area (Å²) in [5, 5.41) is 3.68. The zero-order valence-electron chi connectivity index (χ0n) is 18.6. The minimum Gasteiger partial charge on any atom is -0.381 e. The van der Waals surface area contributed by atoms with Crippen molar-refractivity contribution in [3.63, 3.8) is 0 Å². The van der Waals surface area contributed by atoms with Crippen molar-refractivity contribution in [2.45, 2.75) is 78.2 Å². The second kappa shape index (κ2) is 6.98. The first-order chi connectivity index (χ1) is 13.5. The SMILES string of the molecule is COC1CC[C@@]2(C)C(=CC(C)[C@@H]3[C@H]2CC[C@]2(C)C(C4CCCNC4)=CC[C@@H]32)C1. The van der Waals surface area contributed by atoms with Crippen LogP contribution >= 0.6 is 0 Å². The molecular weight excluding hydrogens is 342 g/mol. The van der Waals surface area contributed by atoms with Gasteiger partial charge in [-0.15, -0.1) is 0 Å². The molecule has 2 nitrogen and oxygen atoms in total. The van der Waals surface area contributed by atoms with Crippen LogP contribution in [-0.2, 0) is 4.74 Å². The van der Waals surface area contributed by atoms with E-state index in [1.165, 1.54) is 64.5 Å². The summed E-state index contributed by atoms with van der Waals surface area (Å²) in [7, 11) is 1.90. The van der Waals surface area contributed by atoms with Crippen LogP contribution in [0.1, 0.15) is 72.1 Å². The minimum atomic E-state index is 0.433. The Balaban J connectivity index is 1.44. The summed E-state index contributed by atoms with van der Waals surface area (Å²) in [6.45, 7) is 10.2. The lowest BCUT2D eigenvalue weighted by Gasteiger charge is -2.60. The monoisotopic (exact) mass is 383 g/mol. The van der Waals surface area contributed by atoms with E-state index in [0.29, 0.717) is 16.9 Å². The van der Waals surface area contributed by atoms with Crippen LogP contribution in [0.15, 0.2) is 23.3 Å². The standard InChI is InChI=1S/C26H41NO/c1-17-14-19-15-20(28-4)9-11-25(19,2)23-10-12-26(3)21(7-8-22(26)24(17)23)18-6-5-13-27-16-18/h7,14,17-18,20,22-24,27H,5-6,8-13,15-16H2,1-4H3/t17?,18?,20?,22-,23+,24-,25-,26+/m0/s1. The lowest BCUT2D eigenvalue weighted by atomic mass is 9.45. The molecular formula is C26H41NO. The number of rotatable bonds is 2. The molecule has 3 unspecified atom stereocenters. The predicted octanol–water partition coefficient (Wildman–Crippen LogP) is 5.75. The molecule has 2 heteroatoms. The van der Waals surface area contributed by atoms with E-state index >= 15 is 0 Å². The predicted molar refractivity (Wildman–Crippen MR) is 116 cm³/mol. The summed E-state index contributed by atoms with van der Waals surface area (Å²) in [5.74, 6) is 4.16. The van der Waals surface area contributed by atoms with Crippen LogP contribution in [0, 0.1) is 40.4 Å². The van der Waals surface area contributed by atoms with Crippen molar-refractivity contribution in [2.24, 2.45) is 40.4 Å². The van der Waals surface area contributed by atoms with Crippen LogP contribution < -0.4 is 5.32 Å². The van der Waals surface area contributed by atoms with Gasteiger partial charge in [-0.25, -0.2) is 0 Å². The highest BCUT2D eigenvalue weighted by molar-refractivity contribution is 5.32. The summed E-state index contributed by atoms with van der Waals surface area (Å²) in [5.41, 5.74) is 4.48. The van der Waals surface area contributed by atoms with Crippen LogP contribution in [0.4, 0.5) is 0 Å². The number of hydrogen-bond acceptors (Lipinski definition) is 2. The number of hydrogen-bond donors (Lipinski definition) is 1. The molecule has 28 heavy (non-hydrogen) atoms. The molecule has 0 amide bonds. The highest BCUT2D eigenvalue weighted by Crippen LogP contribution is 2.67. The van der Waals surface area contributed by atoms with Crippen molar-refractivity contribution < 1.29 is 4.74 Å². The summed E-state index contributed by atoms with van der Waals surface area (Å²) in [4.78, 5) is 0. The van der Waals surface area contributed by atoms with E-state index in [1.807, 2.05) is 12.7 Å². The zero-order chi connectivity index (χ0) is 19.5. The first kappa shape index (κ1) is 19.4. The second-order valence-corrected chi connectivity index (χ2v) is 11.3. The van der Waals surface area contributed by atoms with Gasteiger partial charge in [-0.05, 0) is 98.3 Å². The average molecular weight is 384 g/mol. The van der Waals surface area contributed by atoms with E-state index in [1.54, 1.807) is 5.57 Å². The molecule has 2 saturated carbocycles. The second-order valence-electron chi connectivity index (χ2n) is 11.3. The third-order valence-corrected chi connectivity index (χ3v) is 10.1. The molecule has 5 aliphatic rings. The fraction of sp³-hybridized carbons (Fsp3) is 0.846. The van der Waals surface area contributed by atoms with Gasteiger partial charge in [0, 0.05) is 13.7 Å². The van der Waals surface area contributed by atoms with Crippen molar-refractivity contribution in [1.29, 1.82) is 0 Å². The molecule has 0 aromatic rings. The van der Waals surface area contributed by atoms with Gasteiger partial charge in [-0.2, -0.15) is 0 Å². The first-order valence-electron chi connectivity index (χ1n) is 12.1. The van der Waals surface area contributed by atoms with E-state index in [-0.39, 0.29) is 0 Å². The zero-order valence-corrected chi connectivity index (χ0v) is 18.6. The molecule has 0 aromatic heterocycles. The number of piperidine rings is 1. The Hall–Kier alpha value is -0.600. The van der Waals surface area contributed by atoms with Crippen molar-refractivity contribution in [3.8, 4) is 0 Å². The van der Waals surface area contributed by atoms with Gasteiger partial charge in [-0.3, -0.25) is 0 Å². The van der Waals surface area contributed by atoms with Crippen LogP contribution in [0.25, 0.3) is 0 Å². The maximum atomic E-state index is 5.77. The Morgan fingerprint density at radius 1 is 1.07 bits per heavy atom. The normalized spacial score (nSPS) is 50.9. The number of allylic oxidation sites excluding steroid dienone is 2. The van der Waals surface area contributed by atoms with Crippen LogP contribution in [0.3, 0.4) is 0 Å². The van der Waals surface area contributed by atoms with E-state index in [9.17, 15) is 0 Å². The maximum Gasteiger partial charge on any atom is 0.0608 e. The lowest BCUT2D eigenvalue weighted by Crippen LogP contribution is -2.53. The average Bonchev–Trinajstić information content (AvgIpc) is 3.06. The fourth-order valence-electron chi connectivity index (χ4n) is 8.54. The summed E-state index contributed by atoms with van der Waals surface area (Å²) in [6.07, 6.45) is 16.6. The number of nitrogens with one attached hydrogen (secondary N) is 1. The number of ether oxygens (including phenoxy) is 1. The van der Waals surface area contributed by atoms with Gasteiger partial charge in [0.15, 0.2) is 0 Å². The molecule has 4 aliphatic carbocycles. The van der Waals surface area contributed by atoms with Crippen LogP contribution in [0.5, 0.6) is 0 Å². The third kappa shape index (κ3) is 2.73. The van der Waals surface area contributed by atoms with Gasteiger partial charge in [0.2, 0.25) is 0 Å². The van der Waals surface area contributed by atoms with Gasteiger partial charge in [0.1, 0.15) is 0 Å². The summed E-state index contributed by atoms with van der Waals surface area (Å²) < 4.78 is 5.77. The maximum absolute atomic E-state index is 5.77. The van der Waals surface area contributed by atoms with Crippen molar-refractivity contribution in [2.75, 3.05) is 20.2 Å². The van der Waals surface area contributed by atoms with Crippen molar-refractivity contribution in [3.05, 3.63) is 23.3 Å². The van der Waals surface area contributed by atoms with Gasteiger partial charge >= 0.3 is 0 Å². The molecule has 0 bridgehead atoms. The molecule has 1 N–H and O–H groups in total. The van der Waals surface area contributed by atoms with E-state index < -0.39 is 0 Å². The molecule has 0 spiro atoms. The third-order valence-electron chi connectivity index (χ3n) is 10.1. The summed E-state index contributed by atoms with van der Waals surface area (Å²) >= 11 is 0. The minimum absolute atomic E-state index is 0.433. The molecule has 3 fully saturated rings. The smallest absolute Gasteiger partial charge is 0.0608 e. The number of fused-ring (bicyclic) bond motifs is 5. The molecule has 1 saturated heterocycles. The molecule has 0 aromatic carbocycles. The van der Waals surface area contributed by atoms with Gasteiger partial charge in [0.05, 0.1) is 6.10 Å². The number of methoxy groups -OCH3 is 1. The Morgan fingerprint density at radius 3 is 2.64 bits per heavy atom. The largest absolute Gasteiger partial charge is 0.381 e. The fourth-order valence-corrected chi connectivity index (χ4v) is 8.54. The Labute approximate surface area is 172 Å². The highest BCUT2D eigenvalue weighted by Gasteiger charge is 2.58. The Morgan fingerprint density at radius 2 is 1.89 bits per heavy atom. The van der Waals surface area contributed by atoms with E-state index in [4.69, 9.17) is 4.74 Å². The Kier molecular flexibility index (Phi) is 4.83.